The van der Waals surface area contributed by atoms with E-state index < -0.39 is 0 Å². The molecule has 24 heavy (non-hydrogen) atoms. The molecule has 0 radical (unpaired) electrons. The number of carbonyl (C=O) groups is 1. The minimum Gasteiger partial charge on any atom is -0.468 e. The molecule has 6 nitrogen and oxygen atoms in total. The van der Waals surface area contributed by atoms with Gasteiger partial charge in [-0.1, -0.05) is 12.1 Å². The number of rotatable bonds is 7. The van der Waals surface area contributed by atoms with Crippen LogP contribution in [-0.2, 0) is 17.9 Å². The molecule has 0 saturated heterocycles. The standard InChI is InChI=1S/C18H20N4O2/c1-14(17-7-3-10-24-17)19-12-15-5-2-6-16(11-15)21-18(23)13-22-9-4-8-20-22/h2-11,14,19H,12-13H2,1H3,(H,21,23). The van der Waals surface area contributed by atoms with Gasteiger partial charge in [0.2, 0.25) is 5.91 Å². The zero-order valence-electron chi connectivity index (χ0n) is 13.5. The fourth-order valence-corrected chi connectivity index (χ4v) is 2.41. The molecule has 2 N–H and O–H groups in total. The van der Waals surface area contributed by atoms with Crippen molar-refractivity contribution in [2.45, 2.75) is 26.1 Å². The average Bonchev–Trinajstić information content (AvgIpc) is 3.26. The highest BCUT2D eigenvalue weighted by Gasteiger charge is 2.08. The van der Waals surface area contributed by atoms with Gasteiger partial charge < -0.3 is 15.1 Å². The highest BCUT2D eigenvalue weighted by atomic mass is 16.3. The summed E-state index contributed by atoms with van der Waals surface area (Å²) in [6.45, 7) is 2.93. The normalized spacial score (nSPS) is 12.0. The maximum absolute atomic E-state index is 12.0. The smallest absolute Gasteiger partial charge is 0.246 e. The van der Waals surface area contributed by atoms with Gasteiger partial charge in [-0.3, -0.25) is 9.48 Å². The summed E-state index contributed by atoms with van der Waals surface area (Å²) in [7, 11) is 0. The van der Waals surface area contributed by atoms with Gasteiger partial charge in [-0.25, -0.2) is 0 Å². The van der Waals surface area contributed by atoms with E-state index in [9.17, 15) is 4.79 Å². The van der Waals surface area contributed by atoms with E-state index in [4.69, 9.17) is 4.42 Å². The number of nitrogens with zero attached hydrogens (tertiary/aromatic N) is 2. The lowest BCUT2D eigenvalue weighted by Crippen LogP contribution is -2.20. The van der Waals surface area contributed by atoms with Gasteiger partial charge in [-0.2, -0.15) is 5.10 Å². The van der Waals surface area contributed by atoms with Gasteiger partial charge in [-0.15, -0.1) is 0 Å². The summed E-state index contributed by atoms with van der Waals surface area (Å²) in [6, 6.07) is 13.5. The number of amides is 1. The molecule has 1 atom stereocenters. The van der Waals surface area contributed by atoms with Crippen molar-refractivity contribution in [3.8, 4) is 0 Å². The Morgan fingerprint density at radius 3 is 2.96 bits per heavy atom. The predicted octanol–water partition coefficient (Wildman–Crippen LogP) is 2.97. The van der Waals surface area contributed by atoms with Crippen LogP contribution < -0.4 is 10.6 Å². The predicted molar refractivity (Wildman–Crippen MR) is 91.3 cm³/mol. The number of nitrogens with one attached hydrogen (secondary N) is 2. The van der Waals surface area contributed by atoms with Crippen molar-refractivity contribution in [3.63, 3.8) is 0 Å². The van der Waals surface area contributed by atoms with Crippen molar-refractivity contribution in [1.29, 1.82) is 0 Å². The van der Waals surface area contributed by atoms with Gasteiger partial charge in [0.1, 0.15) is 12.3 Å². The molecular weight excluding hydrogens is 304 g/mol. The Hall–Kier alpha value is -2.86. The maximum Gasteiger partial charge on any atom is 0.246 e. The lowest BCUT2D eigenvalue weighted by molar-refractivity contribution is -0.116. The first kappa shape index (κ1) is 16.0. The summed E-state index contributed by atoms with van der Waals surface area (Å²) in [5.74, 6) is 0.798. The first-order valence-corrected chi connectivity index (χ1v) is 7.84. The molecular formula is C18H20N4O2. The minimum atomic E-state index is -0.104. The van der Waals surface area contributed by atoms with Crippen LogP contribution in [0.5, 0.6) is 0 Å². The number of hydrogen-bond acceptors (Lipinski definition) is 4. The summed E-state index contributed by atoms with van der Waals surface area (Å²) < 4.78 is 6.97. The van der Waals surface area contributed by atoms with E-state index in [1.165, 1.54) is 0 Å². The Balaban J connectivity index is 1.54. The Morgan fingerprint density at radius 2 is 2.21 bits per heavy atom. The molecule has 0 aliphatic rings. The van der Waals surface area contributed by atoms with Gasteiger partial charge in [0.05, 0.1) is 12.3 Å². The molecule has 3 aromatic rings. The molecule has 2 heterocycles. The van der Waals surface area contributed by atoms with Gasteiger partial charge in [0.25, 0.3) is 0 Å². The zero-order valence-corrected chi connectivity index (χ0v) is 13.5. The van der Waals surface area contributed by atoms with E-state index in [2.05, 4.69) is 22.7 Å². The molecule has 0 bridgehead atoms. The third-order valence-corrected chi connectivity index (χ3v) is 3.66. The highest BCUT2D eigenvalue weighted by Crippen LogP contribution is 2.15. The third-order valence-electron chi connectivity index (χ3n) is 3.66. The average molecular weight is 324 g/mol. The Bertz CT molecular complexity index is 766. The van der Waals surface area contributed by atoms with E-state index in [0.29, 0.717) is 6.54 Å². The molecule has 0 aliphatic heterocycles. The largest absolute Gasteiger partial charge is 0.468 e. The summed E-state index contributed by atoms with van der Waals surface area (Å²) >= 11 is 0. The van der Waals surface area contributed by atoms with E-state index in [-0.39, 0.29) is 18.5 Å². The summed E-state index contributed by atoms with van der Waals surface area (Å²) in [6.07, 6.45) is 5.08. The molecule has 1 unspecified atom stereocenters. The number of hydrogen-bond donors (Lipinski definition) is 2. The summed E-state index contributed by atoms with van der Waals surface area (Å²) in [5.41, 5.74) is 1.86. The van der Waals surface area contributed by atoms with Crippen LogP contribution in [0.4, 0.5) is 5.69 Å². The lowest BCUT2D eigenvalue weighted by Gasteiger charge is -2.12. The molecule has 1 aromatic carbocycles. The number of furan rings is 1. The Labute approximate surface area is 140 Å². The van der Waals surface area contributed by atoms with Gasteiger partial charge in [0.15, 0.2) is 0 Å². The maximum atomic E-state index is 12.0. The van der Waals surface area contributed by atoms with Crippen molar-refractivity contribution in [3.05, 3.63) is 72.4 Å². The number of aromatic nitrogens is 2. The topological polar surface area (TPSA) is 72.1 Å². The van der Waals surface area contributed by atoms with E-state index >= 15 is 0 Å². The molecule has 0 spiro atoms. The van der Waals surface area contributed by atoms with Crippen molar-refractivity contribution >= 4 is 11.6 Å². The zero-order chi connectivity index (χ0) is 16.8. The molecule has 6 heteroatoms. The molecule has 2 aromatic heterocycles. The fraction of sp³-hybridized carbons (Fsp3) is 0.222. The molecule has 1 amide bonds. The van der Waals surface area contributed by atoms with Gasteiger partial charge in [-0.05, 0) is 42.8 Å². The van der Waals surface area contributed by atoms with Gasteiger partial charge in [0, 0.05) is 24.6 Å². The quantitative estimate of drug-likeness (QED) is 0.701. The van der Waals surface area contributed by atoms with Crippen LogP contribution in [0.2, 0.25) is 0 Å². The lowest BCUT2D eigenvalue weighted by atomic mass is 10.1. The van der Waals surface area contributed by atoms with Gasteiger partial charge >= 0.3 is 0 Å². The van der Waals surface area contributed by atoms with Crippen LogP contribution in [0.15, 0.2) is 65.5 Å². The van der Waals surface area contributed by atoms with Crippen LogP contribution in [0.25, 0.3) is 0 Å². The van der Waals surface area contributed by atoms with E-state index in [1.807, 2.05) is 36.4 Å². The van der Waals surface area contributed by atoms with Crippen LogP contribution in [0.1, 0.15) is 24.3 Å². The second-order valence-electron chi connectivity index (χ2n) is 5.57. The molecule has 3 rings (SSSR count). The SMILES string of the molecule is CC(NCc1cccc(NC(=O)Cn2cccn2)c1)c1ccco1. The highest BCUT2D eigenvalue weighted by molar-refractivity contribution is 5.90. The number of carbonyl (C=O) groups excluding carboxylic acids is 1. The van der Waals surface area contributed by atoms with Crippen molar-refractivity contribution in [2.75, 3.05) is 5.32 Å². The monoisotopic (exact) mass is 324 g/mol. The minimum absolute atomic E-state index is 0.104. The van der Waals surface area contributed by atoms with Crippen LogP contribution >= 0.6 is 0 Å². The molecule has 0 saturated carbocycles. The second kappa shape index (κ2) is 7.61. The first-order valence-electron chi connectivity index (χ1n) is 7.84. The van der Waals surface area contributed by atoms with Crippen LogP contribution in [0, 0.1) is 0 Å². The fourth-order valence-electron chi connectivity index (χ4n) is 2.41. The summed E-state index contributed by atoms with van der Waals surface area (Å²) in [4.78, 5) is 12.0. The summed E-state index contributed by atoms with van der Waals surface area (Å²) in [5, 5.41) is 10.3. The van der Waals surface area contributed by atoms with Crippen LogP contribution in [-0.4, -0.2) is 15.7 Å². The van der Waals surface area contributed by atoms with Crippen molar-refractivity contribution in [2.24, 2.45) is 0 Å². The Morgan fingerprint density at radius 1 is 1.29 bits per heavy atom. The first-order chi connectivity index (χ1) is 11.7. The van der Waals surface area contributed by atoms with E-state index in [0.717, 1.165) is 17.0 Å². The molecule has 124 valence electrons. The van der Waals surface area contributed by atoms with Crippen molar-refractivity contribution < 1.29 is 9.21 Å². The number of benzene rings is 1. The van der Waals surface area contributed by atoms with E-state index in [1.54, 1.807) is 29.4 Å². The Kier molecular flexibility index (Phi) is 5.08. The number of anilines is 1. The van der Waals surface area contributed by atoms with Crippen LogP contribution in [0.3, 0.4) is 0 Å². The second-order valence-corrected chi connectivity index (χ2v) is 5.57. The molecule has 0 aliphatic carbocycles. The molecule has 0 fully saturated rings. The van der Waals surface area contributed by atoms with Crippen molar-refractivity contribution in [1.82, 2.24) is 15.1 Å². The third kappa shape index (κ3) is 4.33.